The molecule has 0 radical (unpaired) electrons. The van der Waals surface area contributed by atoms with Crippen LogP contribution in [-0.2, 0) is 14.4 Å². The highest BCUT2D eigenvalue weighted by Gasteiger charge is 2.35. The second-order valence-electron chi connectivity index (χ2n) is 7.21. The van der Waals surface area contributed by atoms with E-state index in [1.54, 1.807) is 29.2 Å². The average Bonchev–Trinajstić information content (AvgIpc) is 3.10. The minimum absolute atomic E-state index is 0.0415. The number of nitrogens with one attached hydrogen (secondary N) is 2. The van der Waals surface area contributed by atoms with Crippen molar-refractivity contribution in [3.8, 4) is 0 Å². The Hall–Kier alpha value is -3.68. The zero-order valence-electron chi connectivity index (χ0n) is 16.6. The van der Waals surface area contributed by atoms with E-state index in [1.165, 1.54) is 0 Å². The summed E-state index contributed by atoms with van der Waals surface area (Å²) in [6.45, 7) is 2.33. The van der Waals surface area contributed by atoms with Gasteiger partial charge in [-0.15, -0.1) is 0 Å². The van der Waals surface area contributed by atoms with Gasteiger partial charge in [-0.25, -0.2) is 0 Å². The van der Waals surface area contributed by atoms with Crippen LogP contribution in [0.15, 0.2) is 48.5 Å². The van der Waals surface area contributed by atoms with Crippen LogP contribution in [0.4, 0.5) is 11.4 Å². The molecule has 156 valence electrons. The van der Waals surface area contributed by atoms with Gasteiger partial charge in [0.1, 0.15) is 0 Å². The molecule has 8 heteroatoms. The molecule has 3 amide bonds. The van der Waals surface area contributed by atoms with Crippen LogP contribution < -0.4 is 15.5 Å². The zero-order valence-corrected chi connectivity index (χ0v) is 16.6. The van der Waals surface area contributed by atoms with Gasteiger partial charge in [0.05, 0.1) is 12.3 Å². The highest BCUT2D eigenvalue weighted by Crippen LogP contribution is 2.26. The molecule has 0 saturated carbocycles. The van der Waals surface area contributed by atoms with Crippen LogP contribution in [0.1, 0.15) is 28.8 Å². The van der Waals surface area contributed by atoms with E-state index in [2.05, 4.69) is 10.6 Å². The van der Waals surface area contributed by atoms with Gasteiger partial charge in [0, 0.05) is 36.4 Å². The number of hydrogen-bond donors (Lipinski definition) is 3. The number of carboxylic acid groups (broad SMARTS) is 1. The van der Waals surface area contributed by atoms with Crippen LogP contribution in [0.5, 0.6) is 0 Å². The maximum atomic E-state index is 12.6. The van der Waals surface area contributed by atoms with Crippen molar-refractivity contribution in [2.24, 2.45) is 5.92 Å². The van der Waals surface area contributed by atoms with Gasteiger partial charge < -0.3 is 20.6 Å². The molecule has 1 heterocycles. The maximum absolute atomic E-state index is 12.6. The van der Waals surface area contributed by atoms with Crippen molar-refractivity contribution in [3.63, 3.8) is 0 Å². The lowest BCUT2D eigenvalue weighted by Crippen LogP contribution is -2.28. The number of nitrogens with zero attached hydrogens (tertiary/aromatic N) is 1. The molecule has 0 aromatic heterocycles. The Bertz CT molecular complexity index is 954. The molecule has 1 saturated heterocycles. The quantitative estimate of drug-likeness (QED) is 0.648. The van der Waals surface area contributed by atoms with Crippen molar-refractivity contribution in [1.82, 2.24) is 5.32 Å². The van der Waals surface area contributed by atoms with E-state index >= 15 is 0 Å². The summed E-state index contributed by atoms with van der Waals surface area (Å²) in [5, 5.41) is 13.9. The molecule has 8 nitrogen and oxygen atoms in total. The molecule has 1 aliphatic heterocycles. The molecule has 0 spiro atoms. The molecular formula is C22H23N3O5. The first-order valence-corrected chi connectivity index (χ1v) is 9.61. The Labute approximate surface area is 173 Å². The number of aliphatic carboxylic acids is 1. The summed E-state index contributed by atoms with van der Waals surface area (Å²) in [6, 6.07) is 13.9. The summed E-state index contributed by atoms with van der Waals surface area (Å²) in [6.07, 6.45) is -0.0105. The van der Waals surface area contributed by atoms with Crippen molar-refractivity contribution in [2.75, 3.05) is 23.3 Å². The van der Waals surface area contributed by atoms with E-state index in [0.29, 0.717) is 17.8 Å². The average molecular weight is 409 g/mol. The number of carbonyl (C=O) groups is 4. The van der Waals surface area contributed by atoms with Crippen LogP contribution in [0, 0.1) is 12.8 Å². The largest absolute Gasteiger partial charge is 0.481 e. The molecular weight excluding hydrogens is 386 g/mol. The first-order valence-electron chi connectivity index (χ1n) is 9.61. The normalized spacial score (nSPS) is 15.7. The predicted molar refractivity (Wildman–Crippen MR) is 111 cm³/mol. The minimum atomic E-state index is -0.986. The molecule has 1 fully saturated rings. The highest BCUT2D eigenvalue weighted by atomic mass is 16.4. The fraction of sp³-hybridized carbons (Fsp3) is 0.273. The Morgan fingerprint density at radius 3 is 2.37 bits per heavy atom. The van der Waals surface area contributed by atoms with E-state index in [1.807, 2.05) is 31.2 Å². The van der Waals surface area contributed by atoms with E-state index in [0.717, 1.165) is 11.3 Å². The van der Waals surface area contributed by atoms with Crippen LogP contribution >= 0.6 is 0 Å². The Morgan fingerprint density at radius 1 is 1.07 bits per heavy atom. The lowest BCUT2D eigenvalue weighted by atomic mass is 10.1. The number of benzene rings is 2. The van der Waals surface area contributed by atoms with Gasteiger partial charge in [-0.2, -0.15) is 0 Å². The first kappa shape index (κ1) is 21.0. The molecule has 1 unspecified atom stereocenters. The van der Waals surface area contributed by atoms with Crippen LogP contribution in [0.2, 0.25) is 0 Å². The van der Waals surface area contributed by atoms with Gasteiger partial charge in [0.25, 0.3) is 5.91 Å². The maximum Gasteiger partial charge on any atom is 0.305 e. The second-order valence-corrected chi connectivity index (χ2v) is 7.21. The van der Waals surface area contributed by atoms with Crippen LogP contribution in [0.25, 0.3) is 0 Å². The van der Waals surface area contributed by atoms with Crippen LogP contribution in [-0.4, -0.2) is 41.9 Å². The summed E-state index contributed by atoms with van der Waals surface area (Å²) in [7, 11) is 0. The van der Waals surface area contributed by atoms with Gasteiger partial charge in [-0.05, 0) is 43.3 Å². The Morgan fingerprint density at radius 2 is 1.73 bits per heavy atom. The third-order valence-electron chi connectivity index (χ3n) is 4.88. The first-order chi connectivity index (χ1) is 14.3. The number of rotatable bonds is 7. The van der Waals surface area contributed by atoms with Crippen molar-refractivity contribution in [2.45, 2.75) is 19.8 Å². The topological polar surface area (TPSA) is 116 Å². The summed E-state index contributed by atoms with van der Waals surface area (Å²) >= 11 is 0. The monoisotopic (exact) mass is 409 g/mol. The summed E-state index contributed by atoms with van der Waals surface area (Å²) in [4.78, 5) is 49.0. The number of anilines is 2. The second kappa shape index (κ2) is 9.21. The smallest absolute Gasteiger partial charge is 0.305 e. The molecule has 1 atom stereocenters. The Balaban J connectivity index is 1.55. The van der Waals surface area contributed by atoms with Crippen molar-refractivity contribution in [3.05, 3.63) is 59.7 Å². The summed E-state index contributed by atoms with van der Waals surface area (Å²) in [5.41, 5.74) is 2.75. The number of amides is 3. The molecule has 0 bridgehead atoms. The van der Waals surface area contributed by atoms with Gasteiger partial charge in [0.15, 0.2) is 0 Å². The lowest BCUT2D eigenvalue weighted by Gasteiger charge is -2.17. The zero-order chi connectivity index (χ0) is 21.7. The third-order valence-corrected chi connectivity index (χ3v) is 4.88. The lowest BCUT2D eigenvalue weighted by molar-refractivity contribution is -0.136. The van der Waals surface area contributed by atoms with E-state index < -0.39 is 11.9 Å². The van der Waals surface area contributed by atoms with Gasteiger partial charge >= 0.3 is 5.97 Å². The fourth-order valence-electron chi connectivity index (χ4n) is 3.19. The van der Waals surface area contributed by atoms with Gasteiger partial charge in [0.2, 0.25) is 11.8 Å². The Kier molecular flexibility index (Phi) is 6.46. The number of hydrogen-bond acceptors (Lipinski definition) is 4. The van der Waals surface area contributed by atoms with Gasteiger partial charge in [-0.3, -0.25) is 19.2 Å². The van der Waals surface area contributed by atoms with Crippen molar-refractivity contribution < 1.29 is 24.3 Å². The van der Waals surface area contributed by atoms with Crippen molar-refractivity contribution >= 4 is 35.1 Å². The molecule has 2 aromatic carbocycles. The molecule has 3 N–H and O–H groups in total. The third kappa shape index (κ3) is 5.22. The standard InChI is InChI=1S/C22H23N3O5/c1-14-2-8-18(9-3-14)25-13-16(12-19(25)26)22(30)24-17-6-4-15(5-7-17)21(29)23-11-10-20(27)28/h2-9,16H,10-13H2,1H3,(H,23,29)(H,24,30)(H,27,28). The number of carboxylic acids is 1. The van der Waals surface area contributed by atoms with E-state index in [-0.39, 0.29) is 37.1 Å². The number of carbonyl (C=O) groups excluding carboxylic acids is 3. The number of aryl methyl sites for hydroxylation is 1. The van der Waals surface area contributed by atoms with Gasteiger partial charge in [-0.1, -0.05) is 17.7 Å². The molecule has 0 aliphatic carbocycles. The minimum Gasteiger partial charge on any atom is -0.481 e. The SMILES string of the molecule is Cc1ccc(N2CC(C(=O)Nc3ccc(C(=O)NCCC(=O)O)cc3)CC2=O)cc1. The fourth-order valence-corrected chi connectivity index (χ4v) is 3.19. The molecule has 30 heavy (non-hydrogen) atoms. The van der Waals surface area contributed by atoms with Crippen LogP contribution in [0.3, 0.4) is 0 Å². The summed E-state index contributed by atoms with van der Waals surface area (Å²) < 4.78 is 0. The molecule has 3 rings (SSSR count). The van der Waals surface area contributed by atoms with E-state index in [4.69, 9.17) is 5.11 Å². The van der Waals surface area contributed by atoms with Crippen molar-refractivity contribution in [1.29, 1.82) is 0 Å². The molecule has 2 aromatic rings. The summed E-state index contributed by atoms with van der Waals surface area (Å²) in [5.74, 6) is -2.18. The molecule has 1 aliphatic rings. The predicted octanol–water partition coefficient (Wildman–Crippen LogP) is 2.19. The van der Waals surface area contributed by atoms with E-state index in [9.17, 15) is 19.2 Å². The highest BCUT2D eigenvalue weighted by molar-refractivity contribution is 6.03.